The van der Waals surface area contributed by atoms with E-state index in [9.17, 15) is 10.1 Å². The summed E-state index contributed by atoms with van der Waals surface area (Å²) in [5.41, 5.74) is 0.785. The first-order valence-electron chi connectivity index (χ1n) is 4.67. The van der Waals surface area contributed by atoms with Gasteiger partial charge in [0.1, 0.15) is 6.07 Å². The Morgan fingerprint density at radius 3 is 2.76 bits per heavy atom. The Morgan fingerprint density at radius 2 is 2.18 bits per heavy atom. The SMILES string of the molecule is N#Cc1ncc(-c2cccnc2)cc1[N+](=O)[O-]. The van der Waals surface area contributed by atoms with Crippen LogP contribution in [0.4, 0.5) is 5.69 Å². The summed E-state index contributed by atoms with van der Waals surface area (Å²) in [5.74, 6) is 0. The van der Waals surface area contributed by atoms with E-state index in [2.05, 4.69) is 9.97 Å². The number of nitrogens with zero attached hydrogens (tertiary/aromatic N) is 4. The van der Waals surface area contributed by atoms with Crippen molar-refractivity contribution in [2.24, 2.45) is 0 Å². The molecule has 0 saturated carbocycles. The van der Waals surface area contributed by atoms with Gasteiger partial charge in [0.15, 0.2) is 0 Å². The van der Waals surface area contributed by atoms with Crippen molar-refractivity contribution in [1.82, 2.24) is 9.97 Å². The lowest BCUT2D eigenvalue weighted by Crippen LogP contribution is -1.95. The van der Waals surface area contributed by atoms with Crippen LogP contribution in [-0.4, -0.2) is 14.9 Å². The molecule has 0 bridgehead atoms. The lowest BCUT2D eigenvalue weighted by molar-refractivity contribution is -0.385. The van der Waals surface area contributed by atoms with Gasteiger partial charge in [-0.25, -0.2) is 4.98 Å². The zero-order valence-corrected chi connectivity index (χ0v) is 8.57. The van der Waals surface area contributed by atoms with E-state index in [4.69, 9.17) is 5.26 Å². The molecule has 0 amide bonds. The number of rotatable bonds is 2. The number of pyridine rings is 2. The third-order valence-electron chi connectivity index (χ3n) is 2.17. The van der Waals surface area contributed by atoms with Crippen LogP contribution in [0.25, 0.3) is 11.1 Å². The summed E-state index contributed by atoms with van der Waals surface area (Å²) in [6.07, 6.45) is 4.60. The summed E-state index contributed by atoms with van der Waals surface area (Å²) in [5, 5.41) is 19.5. The minimum Gasteiger partial charge on any atom is -0.264 e. The first kappa shape index (κ1) is 10.7. The highest BCUT2D eigenvalue weighted by atomic mass is 16.6. The van der Waals surface area contributed by atoms with Gasteiger partial charge in [0, 0.05) is 35.8 Å². The molecule has 82 valence electrons. The monoisotopic (exact) mass is 226 g/mol. The Hall–Kier alpha value is -2.81. The number of nitro groups is 1. The summed E-state index contributed by atoms with van der Waals surface area (Å²) < 4.78 is 0. The quantitative estimate of drug-likeness (QED) is 0.576. The maximum Gasteiger partial charge on any atom is 0.306 e. The number of nitriles is 1. The maximum absolute atomic E-state index is 10.8. The highest BCUT2D eigenvalue weighted by Crippen LogP contribution is 2.24. The Balaban J connectivity index is 2.56. The molecule has 0 N–H and O–H groups in total. The van der Waals surface area contributed by atoms with Crippen LogP contribution >= 0.6 is 0 Å². The molecule has 0 aliphatic rings. The van der Waals surface area contributed by atoms with Crippen molar-refractivity contribution >= 4 is 5.69 Å². The van der Waals surface area contributed by atoms with Gasteiger partial charge in [0.2, 0.25) is 5.69 Å². The first-order chi connectivity index (χ1) is 8.22. The molecular formula is C11H6N4O2. The summed E-state index contributed by atoms with van der Waals surface area (Å²) in [4.78, 5) is 17.8. The van der Waals surface area contributed by atoms with Crippen LogP contribution in [0, 0.1) is 21.4 Å². The van der Waals surface area contributed by atoms with Crippen molar-refractivity contribution in [3.63, 3.8) is 0 Å². The Morgan fingerprint density at radius 1 is 1.35 bits per heavy atom. The zero-order valence-electron chi connectivity index (χ0n) is 8.57. The first-order valence-corrected chi connectivity index (χ1v) is 4.67. The molecule has 2 heterocycles. The van der Waals surface area contributed by atoms with Crippen molar-refractivity contribution < 1.29 is 4.92 Å². The molecule has 0 radical (unpaired) electrons. The Bertz CT molecular complexity index is 605. The molecule has 2 aromatic rings. The number of hydrogen-bond donors (Lipinski definition) is 0. The predicted octanol–water partition coefficient (Wildman–Crippen LogP) is 1.92. The lowest BCUT2D eigenvalue weighted by atomic mass is 10.1. The molecule has 0 aromatic carbocycles. The summed E-state index contributed by atoms with van der Waals surface area (Å²) in [7, 11) is 0. The van der Waals surface area contributed by atoms with Gasteiger partial charge in [0.25, 0.3) is 0 Å². The van der Waals surface area contributed by atoms with Crippen molar-refractivity contribution in [2.75, 3.05) is 0 Å². The second-order valence-corrected chi connectivity index (χ2v) is 3.20. The summed E-state index contributed by atoms with van der Waals surface area (Å²) >= 11 is 0. The van der Waals surface area contributed by atoms with Crippen LogP contribution in [-0.2, 0) is 0 Å². The molecule has 0 unspecified atom stereocenters. The van der Waals surface area contributed by atoms with Crippen LogP contribution in [0.1, 0.15) is 5.69 Å². The van der Waals surface area contributed by atoms with Gasteiger partial charge < -0.3 is 0 Å². The topological polar surface area (TPSA) is 92.7 Å². The van der Waals surface area contributed by atoms with E-state index in [1.165, 1.54) is 12.3 Å². The third-order valence-corrected chi connectivity index (χ3v) is 2.17. The van der Waals surface area contributed by atoms with Crippen LogP contribution < -0.4 is 0 Å². The van der Waals surface area contributed by atoms with Crippen LogP contribution in [0.3, 0.4) is 0 Å². The van der Waals surface area contributed by atoms with E-state index >= 15 is 0 Å². The van der Waals surface area contributed by atoms with Gasteiger partial charge in [-0.05, 0) is 6.07 Å². The van der Waals surface area contributed by atoms with Gasteiger partial charge in [0.05, 0.1) is 4.92 Å². The molecular weight excluding hydrogens is 220 g/mol. The maximum atomic E-state index is 10.8. The molecule has 0 aliphatic carbocycles. The average molecular weight is 226 g/mol. The molecule has 6 nitrogen and oxygen atoms in total. The van der Waals surface area contributed by atoms with Crippen LogP contribution in [0.2, 0.25) is 0 Å². The molecule has 17 heavy (non-hydrogen) atoms. The molecule has 0 fully saturated rings. The molecule has 2 aromatic heterocycles. The van der Waals surface area contributed by atoms with Gasteiger partial charge in [-0.2, -0.15) is 5.26 Å². The van der Waals surface area contributed by atoms with Crippen molar-refractivity contribution in [3.8, 4) is 17.2 Å². The summed E-state index contributed by atoms with van der Waals surface area (Å²) in [6.45, 7) is 0. The van der Waals surface area contributed by atoms with Crippen molar-refractivity contribution in [3.05, 3.63) is 52.6 Å². The normalized spacial score (nSPS) is 9.59. The molecule has 6 heteroatoms. The van der Waals surface area contributed by atoms with Gasteiger partial charge in [-0.15, -0.1) is 0 Å². The van der Waals surface area contributed by atoms with E-state index in [1.807, 2.05) is 0 Å². The highest BCUT2D eigenvalue weighted by Gasteiger charge is 2.16. The molecule has 0 saturated heterocycles. The fraction of sp³-hybridized carbons (Fsp3) is 0. The molecule has 0 aliphatic heterocycles. The fourth-order valence-electron chi connectivity index (χ4n) is 1.37. The Kier molecular flexibility index (Phi) is 2.75. The van der Waals surface area contributed by atoms with Crippen molar-refractivity contribution in [2.45, 2.75) is 0 Å². The van der Waals surface area contributed by atoms with E-state index in [1.54, 1.807) is 30.6 Å². The predicted molar refractivity (Wildman–Crippen MR) is 58.8 cm³/mol. The van der Waals surface area contributed by atoms with Crippen LogP contribution in [0.5, 0.6) is 0 Å². The van der Waals surface area contributed by atoms with E-state index in [0.29, 0.717) is 11.1 Å². The molecule has 0 atom stereocenters. The van der Waals surface area contributed by atoms with E-state index in [0.717, 1.165) is 0 Å². The standard InChI is InChI=1S/C11H6N4O2/c12-5-10-11(15(16)17)4-9(7-14-10)8-2-1-3-13-6-8/h1-4,6-7H. The zero-order chi connectivity index (χ0) is 12.3. The fourth-order valence-corrected chi connectivity index (χ4v) is 1.37. The van der Waals surface area contributed by atoms with E-state index < -0.39 is 4.92 Å². The second kappa shape index (κ2) is 4.37. The number of hydrogen-bond acceptors (Lipinski definition) is 5. The van der Waals surface area contributed by atoms with Gasteiger partial charge in [-0.1, -0.05) is 6.07 Å². The minimum atomic E-state index is -0.620. The molecule has 2 rings (SSSR count). The van der Waals surface area contributed by atoms with Crippen LogP contribution in [0.15, 0.2) is 36.8 Å². The molecule has 0 spiro atoms. The van der Waals surface area contributed by atoms with Gasteiger partial charge >= 0.3 is 5.69 Å². The van der Waals surface area contributed by atoms with Gasteiger partial charge in [-0.3, -0.25) is 15.1 Å². The number of aromatic nitrogens is 2. The average Bonchev–Trinajstić information content (AvgIpc) is 2.39. The van der Waals surface area contributed by atoms with Crippen molar-refractivity contribution in [1.29, 1.82) is 5.26 Å². The van der Waals surface area contributed by atoms with E-state index in [-0.39, 0.29) is 11.4 Å². The third kappa shape index (κ3) is 2.08. The summed E-state index contributed by atoms with van der Waals surface area (Å²) in [6, 6.07) is 6.49. The second-order valence-electron chi connectivity index (χ2n) is 3.20. The minimum absolute atomic E-state index is 0.192. The highest BCUT2D eigenvalue weighted by molar-refractivity contribution is 5.65. The smallest absolute Gasteiger partial charge is 0.264 e. The Labute approximate surface area is 96.3 Å². The lowest BCUT2D eigenvalue weighted by Gasteiger charge is -2.00. The largest absolute Gasteiger partial charge is 0.306 e.